The molecule has 0 spiro atoms. The molecule has 0 aliphatic carbocycles. The molecular formula is C15H12Cl2N2O2. The van der Waals surface area contributed by atoms with E-state index in [1.807, 2.05) is 19.1 Å². The SMILES string of the molecule is Cc1ccc(C(=O)NNC(=O)c2cc(Cl)ccc2Cl)cc1. The lowest BCUT2D eigenvalue weighted by Gasteiger charge is -2.09. The highest BCUT2D eigenvalue weighted by Crippen LogP contribution is 2.20. The molecule has 2 aromatic rings. The van der Waals surface area contributed by atoms with E-state index in [0.717, 1.165) is 5.56 Å². The third kappa shape index (κ3) is 3.97. The molecule has 0 radical (unpaired) electrons. The highest BCUT2D eigenvalue weighted by molar-refractivity contribution is 6.35. The number of hydrogen-bond donors (Lipinski definition) is 2. The summed E-state index contributed by atoms with van der Waals surface area (Å²) in [7, 11) is 0. The molecule has 0 fully saturated rings. The van der Waals surface area contributed by atoms with Gasteiger partial charge in [-0.05, 0) is 37.3 Å². The minimum atomic E-state index is -0.539. The summed E-state index contributed by atoms with van der Waals surface area (Å²) in [6, 6.07) is 11.5. The molecule has 6 heteroatoms. The van der Waals surface area contributed by atoms with E-state index >= 15 is 0 Å². The van der Waals surface area contributed by atoms with Gasteiger partial charge in [-0.1, -0.05) is 40.9 Å². The summed E-state index contributed by atoms with van der Waals surface area (Å²) >= 11 is 11.7. The van der Waals surface area contributed by atoms with Crippen LogP contribution in [0.15, 0.2) is 42.5 Å². The molecule has 2 rings (SSSR count). The Bertz CT molecular complexity index is 685. The van der Waals surface area contributed by atoms with E-state index in [0.29, 0.717) is 10.6 Å². The number of carbonyl (C=O) groups is 2. The zero-order chi connectivity index (χ0) is 15.4. The van der Waals surface area contributed by atoms with Gasteiger partial charge in [0.25, 0.3) is 11.8 Å². The lowest BCUT2D eigenvalue weighted by molar-refractivity contribution is 0.0847. The van der Waals surface area contributed by atoms with Crippen LogP contribution in [0.4, 0.5) is 0 Å². The van der Waals surface area contributed by atoms with Crippen LogP contribution >= 0.6 is 23.2 Å². The number of halogens is 2. The van der Waals surface area contributed by atoms with Crippen molar-refractivity contribution in [2.24, 2.45) is 0 Å². The summed E-state index contributed by atoms with van der Waals surface area (Å²) in [5, 5.41) is 0.635. The van der Waals surface area contributed by atoms with Crippen molar-refractivity contribution in [1.29, 1.82) is 0 Å². The fourth-order valence-electron chi connectivity index (χ4n) is 1.63. The lowest BCUT2D eigenvalue weighted by Crippen LogP contribution is -2.41. The molecule has 108 valence electrons. The molecule has 0 aliphatic rings. The Morgan fingerprint density at radius 1 is 0.905 bits per heavy atom. The smallest absolute Gasteiger partial charge is 0.267 e. The maximum absolute atomic E-state index is 11.9. The van der Waals surface area contributed by atoms with Crippen molar-refractivity contribution >= 4 is 35.0 Å². The average molecular weight is 323 g/mol. The second kappa shape index (κ2) is 6.61. The largest absolute Gasteiger partial charge is 0.271 e. The third-order valence-corrected chi connectivity index (χ3v) is 3.34. The number of hydrogen-bond acceptors (Lipinski definition) is 2. The van der Waals surface area contributed by atoms with E-state index in [4.69, 9.17) is 23.2 Å². The monoisotopic (exact) mass is 322 g/mol. The van der Waals surface area contributed by atoms with Crippen LogP contribution in [-0.2, 0) is 0 Å². The maximum atomic E-state index is 11.9. The first-order valence-electron chi connectivity index (χ1n) is 6.10. The average Bonchev–Trinajstić information content (AvgIpc) is 2.47. The zero-order valence-electron chi connectivity index (χ0n) is 11.1. The molecule has 0 heterocycles. The van der Waals surface area contributed by atoms with Gasteiger partial charge >= 0.3 is 0 Å². The van der Waals surface area contributed by atoms with Gasteiger partial charge < -0.3 is 0 Å². The lowest BCUT2D eigenvalue weighted by atomic mass is 10.1. The minimum absolute atomic E-state index is 0.188. The number of aryl methyl sites for hydroxylation is 1. The van der Waals surface area contributed by atoms with Gasteiger partial charge in [0.1, 0.15) is 0 Å². The van der Waals surface area contributed by atoms with Crippen LogP contribution in [0, 0.1) is 6.92 Å². The number of hydrazine groups is 1. The molecule has 2 aromatic carbocycles. The minimum Gasteiger partial charge on any atom is -0.267 e. The Labute approximate surface area is 132 Å². The Kier molecular flexibility index (Phi) is 4.83. The van der Waals surface area contributed by atoms with E-state index in [9.17, 15) is 9.59 Å². The van der Waals surface area contributed by atoms with Crippen LogP contribution in [0.25, 0.3) is 0 Å². The zero-order valence-corrected chi connectivity index (χ0v) is 12.6. The normalized spacial score (nSPS) is 10.0. The summed E-state index contributed by atoms with van der Waals surface area (Å²) in [4.78, 5) is 23.8. The fourth-order valence-corrected chi connectivity index (χ4v) is 2.00. The molecule has 2 N–H and O–H groups in total. The first kappa shape index (κ1) is 15.4. The van der Waals surface area contributed by atoms with Crippen LogP contribution in [-0.4, -0.2) is 11.8 Å². The number of amides is 2. The first-order chi connectivity index (χ1) is 9.97. The van der Waals surface area contributed by atoms with Gasteiger partial charge in [0.15, 0.2) is 0 Å². The molecule has 2 amide bonds. The molecule has 0 bridgehead atoms. The second-order valence-electron chi connectivity index (χ2n) is 4.40. The Morgan fingerprint density at radius 2 is 1.52 bits per heavy atom. The molecule has 0 saturated carbocycles. The van der Waals surface area contributed by atoms with E-state index < -0.39 is 11.8 Å². The molecular weight excluding hydrogens is 311 g/mol. The highest BCUT2D eigenvalue weighted by atomic mass is 35.5. The highest BCUT2D eigenvalue weighted by Gasteiger charge is 2.12. The van der Waals surface area contributed by atoms with Crippen LogP contribution in [0.3, 0.4) is 0 Å². The number of rotatable bonds is 2. The van der Waals surface area contributed by atoms with E-state index in [1.165, 1.54) is 12.1 Å². The molecule has 0 aromatic heterocycles. The molecule has 4 nitrogen and oxygen atoms in total. The van der Waals surface area contributed by atoms with Crippen molar-refractivity contribution in [2.75, 3.05) is 0 Å². The van der Waals surface area contributed by atoms with Gasteiger partial charge in [-0.25, -0.2) is 0 Å². The maximum Gasteiger partial charge on any atom is 0.271 e. The van der Waals surface area contributed by atoms with Gasteiger partial charge in [0.2, 0.25) is 0 Å². The predicted molar refractivity (Wildman–Crippen MR) is 82.6 cm³/mol. The van der Waals surface area contributed by atoms with Crippen molar-refractivity contribution in [1.82, 2.24) is 10.9 Å². The van der Waals surface area contributed by atoms with E-state index in [-0.39, 0.29) is 10.6 Å². The van der Waals surface area contributed by atoms with Gasteiger partial charge in [-0.2, -0.15) is 0 Å². The summed E-state index contributed by atoms with van der Waals surface area (Å²) in [6.45, 7) is 1.92. The van der Waals surface area contributed by atoms with Gasteiger partial charge in [0.05, 0.1) is 10.6 Å². The summed E-state index contributed by atoms with van der Waals surface area (Å²) < 4.78 is 0. The molecule has 0 aliphatic heterocycles. The summed E-state index contributed by atoms with van der Waals surface area (Å²) in [5.74, 6) is -0.954. The number of nitrogens with one attached hydrogen (secondary N) is 2. The quantitative estimate of drug-likeness (QED) is 0.833. The number of benzene rings is 2. The van der Waals surface area contributed by atoms with Crippen LogP contribution < -0.4 is 10.9 Å². The van der Waals surface area contributed by atoms with Crippen molar-refractivity contribution in [3.8, 4) is 0 Å². The molecule has 0 unspecified atom stereocenters. The van der Waals surface area contributed by atoms with Crippen molar-refractivity contribution < 1.29 is 9.59 Å². The molecule has 0 saturated heterocycles. The van der Waals surface area contributed by atoms with Gasteiger partial charge in [-0.3, -0.25) is 20.4 Å². The summed E-state index contributed by atoms with van der Waals surface area (Å²) in [6.07, 6.45) is 0. The number of carbonyl (C=O) groups excluding carboxylic acids is 2. The second-order valence-corrected chi connectivity index (χ2v) is 5.24. The Hall–Kier alpha value is -2.04. The van der Waals surface area contributed by atoms with Crippen LogP contribution in [0.1, 0.15) is 26.3 Å². The standard InChI is InChI=1S/C15H12Cl2N2O2/c1-9-2-4-10(5-3-9)14(20)18-19-15(21)12-8-11(16)6-7-13(12)17/h2-8H,1H3,(H,18,20)(H,19,21). The molecule has 21 heavy (non-hydrogen) atoms. The first-order valence-corrected chi connectivity index (χ1v) is 6.85. The Morgan fingerprint density at radius 3 is 2.19 bits per heavy atom. The van der Waals surface area contributed by atoms with E-state index in [2.05, 4.69) is 10.9 Å². The Balaban J connectivity index is 2.02. The van der Waals surface area contributed by atoms with Crippen LogP contribution in [0.2, 0.25) is 10.0 Å². The van der Waals surface area contributed by atoms with Crippen molar-refractivity contribution in [2.45, 2.75) is 6.92 Å². The predicted octanol–water partition coefficient (Wildman–Crippen LogP) is 3.38. The van der Waals surface area contributed by atoms with Gasteiger partial charge in [-0.15, -0.1) is 0 Å². The molecule has 0 atom stereocenters. The van der Waals surface area contributed by atoms with Crippen molar-refractivity contribution in [3.05, 3.63) is 69.2 Å². The van der Waals surface area contributed by atoms with E-state index in [1.54, 1.807) is 18.2 Å². The van der Waals surface area contributed by atoms with Crippen molar-refractivity contribution in [3.63, 3.8) is 0 Å². The van der Waals surface area contributed by atoms with Gasteiger partial charge in [0, 0.05) is 10.6 Å². The summed E-state index contributed by atoms with van der Waals surface area (Å²) in [5.41, 5.74) is 6.30. The third-order valence-electron chi connectivity index (χ3n) is 2.78. The fraction of sp³-hybridized carbons (Fsp3) is 0.0667. The van der Waals surface area contributed by atoms with Crippen LogP contribution in [0.5, 0.6) is 0 Å². The topological polar surface area (TPSA) is 58.2 Å².